The highest BCUT2D eigenvalue weighted by molar-refractivity contribution is 8.03. The summed E-state index contributed by atoms with van der Waals surface area (Å²) in [5, 5.41) is 9.43. The highest BCUT2D eigenvalue weighted by atomic mass is 32.2. The average molecular weight is 276 g/mol. The van der Waals surface area contributed by atoms with Crippen LogP contribution in [0, 0.1) is 5.41 Å². The number of hydrogen-bond donors (Lipinski definition) is 1. The quantitative estimate of drug-likeness (QED) is 0.895. The number of phenols is 1. The summed E-state index contributed by atoms with van der Waals surface area (Å²) >= 11 is 1.60. The zero-order valence-corrected chi connectivity index (χ0v) is 12.5. The molecule has 0 atom stereocenters. The minimum atomic E-state index is 0.0935. The number of rotatable bonds is 3. The van der Waals surface area contributed by atoms with Gasteiger partial charge in [-0.3, -0.25) is 4.79 Å². The van der Waals surface area contributed by atoms with E-state index in [9.17, 15) is 9.90 Å². The van der Waals surface area contributed by atoms with Crippen molar-refractivity contribution in [2.45, 2.75) is 39.4 Å². The van der Waals surface area contributed by atoms with Crippen LogP contribution in [0.1, 0.15) is 39.2 Å². The lowest BCUT2D eigenvalue weighted by atomic mass is 9.77. The number of aromatic hydroxyl groups is 1. The zero-order valence-electron chi connectivity index (χ0n) is 11.7. The fraction of sp³-hybridized carbons (Fsp3) is 0.438. The molecule has 3 heteroatoms. The van der Waals surface area contributed by atoms with Gasteiger partial charge in [0.05, 0.1) is 0 Å². The van der Waals surface area contributed by atoms with Gasteiger partial charge in [0.25, 0.3) is 0 Å². The van der Waals surface area contributed by atoms with E-state index in [1.807, 2.05) is 12.1 Å². The van der Waals surface area contributed by atoms with Crippen molar-refractivity contribution in [1.82, 2.24) is 0 Å². The van der Waals surface area contributed by atoms with Gasteiger partial charge in [-0.05, 0) is 36.5 Å². The molecule has 0 aliphatic heterocycles. The largest absolute Gasteiger partial charge is 0.508 e. The summed E-state index contributed by atoms with van der Waals surface area (Å²) in [7, 11) is 0. The maximum absolute atomic E-state index is 12.2. The van der Waals surface area contributed by atoms with Crippen LogP contribution in [0.3, 0.4) is 0 Å². The van der Waals surface area contributed by atoms with E-state index in [0.29, 0.717) is 6.42 Å². The Morgan fingerprint density at radius 2 is 2.05 bits per heavy atom. The lowest BCUT2D eigenvalue weighted by molar-refractivity contribution is -0.117. The molecule has 1 N–H and O–H groups in total. The smallest absolute Gasteiger partial charge is 0.169 e. The van der Waals surface area contributed by atoms with Gasteiger partial charge >= 0.3 is 0 Å². The van der Waals surface area contributed by atoms with Crippen molar-refractivity contribution >= 4 is 17.5 Å². The molecule has 2 rings (SSSR count). The number of carbonyl (C=O) groups is 1. The van der Waals surface area contributed by atoms with Gasteiger partial charge in [-0.2, -0.15) is 0 Å². The van der Waals surface area contributed by atoms with Gasteiger partial charge in [-0.25, -0.2) is 0 Å². The first-order valence-corrected chi connectivity index (χ1v) is 7.50. The van der Waals surface area contributed by atoms with Gasteiger partial charge in [0, 0.05) is 17.1 Å². The molecule has 19 heavy (non-hydrogen) atoms. The maximum atomic E-state index is 12.2. The normalized spacial score (nSPS) is 18.8. The number of hydrogen-bond acceptors (Lipinski definition) is 3. The van der Waals surface area contributed by atoms with E-state index in [0.717, 1.165) is 22.6 Å². The molecule has 0 radical (unpaired) electrons. The second kappa shape index (κ2) is 5.41. The maximum Gasteiger partial charge on any atom is 0.169 e. The summed E-state index contributed by atoms with van der Waals surface area (Å²) in [5.74, 6) is 1.27. The summed E-state index contributed by atoms with van der Waals surface area (Å²) in [4.78, 5) is 13.1. The van der Waals surface area contributed by atoms with Crippen molar-refractivity contribution in [3.63, 3.8) is 0 Å². The standard InChI is InChI=1S/C16H20O2S/c1-11-8-16(2,3)9-14(18)15(11)19-10-12-5-4-6-13(17)7-12/h4-7,17H,8-10H2,1-3H3. The zero-order chi connectivity index (χ0) is 14.0. The van der Waals surface area contributed by atoms with Crippen molar-refractivity contribution in [2.24, 2.45) is 5.41 Å². The van der Waals surface area contributed by atoms with Gasteiger partial charge in [0.1, 0.15) is 5.75 Å². The van der Waals surface area contributed by atoms with E-state index in [4.69, 9.17) is 0 Å². The van der Waals surface area contributed by atoms with Gasteiger partial charge in [-0.1, -0.05) is 31.6 Å². The molecule has 1 aliphatic carbocycles. The van der Waals surface area contributed by atoms with E-state index in [1.165, 1.54) is 5.57 Å². The predicted molar refractivity (Wildman–Crippen MR) is 80.1 cm³/mol. The van der Waals surface area contributed by atoms with Gasteiger partial charge < -0.3 is 5.11 Å². The van der Waals surface area contributed by atoms with Crippen LogP contribution >= 0.6 is 11.8 Å². The number of thioether (sulfide) groups is 1. The van der Waals surface area contributed by atoms with Gasteiger partial charge in [-0.15, -0.1) is 11.8 Å². The Hall–Kier alpha value is -1.22. The Morgan fingerprint density at radius 1 is 1.32 bits per heavy atom. The van der Waals surface area contributed by atoms with Gasteiger partial charge in [0.15, 0.2) is 5.78 Å². The first-order valence-electron chi connectivity index (χ1n) is 6.51. The second-order valence-electron chi connectivity index (χ2n) is 6.01. The Labute approximate surface area is 118 Å². The number of phenolic OH excluding ortho intramolecular Hbond substituents is 1. The lowest BCUT2D eigenvalue weighted by Crippen LogP contribution is -2.24. The molecule has 1 aromatic rings. The monoisotopic (exact) mass is 276 g/mol. The van der Waals surface area contributed by atoms with Crippen molar-refractivity contribution in [2.75, 3.05) is 0 Å². The van der Waals surface area contributed by atoms with Crippen LogP contribution in [0.15, 0.2) is 34.7 Å². The first kappa shape index (κ1) is 14.2. The van der Waals surface area contributed by atoms with Crippen molar-refractivity contribution in [3.05, 3.63) is 40.3 Å². The molecular formula is C16H20O2S. The molecule has 0 heterocycles. The third-order valence-electron chi connectivity index (χ3n) is 3.32. The topological polar surface area (TPSA) is 37.3 Å². The molecule has 0 saturated heterocycles. The first-order chi connectivity index (χ1) is 8.87. The molecule has 102 valence electrons. The van der Waals surface area contributed by atoms with Crippen LogP contribution in [0.4, 0.5) is 0 Å². The second-order valence-corrected chi connectivity index (χ2v) is 6.99. The summed E-state index contributed by atoms with van der Waals surface area (Å²) in [6.07, 6.45) is 1.62. The lowest BCUT2D eigenvalue weighted by Gasteiger charge is -2.30. The predicted octanol–water partition coefficient (Wildman–Crippen LogP) is 4.29. The molecule has 0 spiro atoms. The highest BCUT2D eigenvalue weighted by Gasteiger charge is 2.31. The van der Waals surface area contributed by atoms with E-state index in [1.54, 1.807) is 23.9 Å². The van der Waals surface area contributed by atoms with Crippen LogP contribution in [-0.2, 0) is 10.5 Å². The van der Waals surface area contributed by atoms with E-state index in [-0.39, 0.29) is 16.9 Å². The van der Waals surface area contributed by atoms with Crippen LogP contribution in [0.25, 0.3) is 0 Å². The minimum absolute atomic E-state index is 0.0935. The Morgan fingerprint density at radius 3 is 2.68 bits per heavy atom. The summed E-state index contributed by atoms with van der Waals surface area (Å²) < 4.78 is 0. The number of carbonyl (C=O) groups excluding carboxylic acids is 1. The van der Waals surface area contributed by atoms with Crippen LogP contribution in [0.2, 0.25) is 0 Å². The van der Waals surface area contributed by atoms with E-state index in [2.05, 4.69) is 20.8 Å². The summed E-state index contributed by atoms with van der Waals surface area (Å²) in [6.45, 7) is 6.35. The Kier molecular flexibility index (Phi) is 4.04. The van der Waals surface area contributed by atoms with Crippen LogP contribution in [-0.4, -0.2) is 10.9 Å². The summed E-state index contributed by atoms with van der Waals surface area (Å²) in [5.41, 5.74) is 2.34. The number of Topliss-reactive ketones (excluding diaryl/α,β-unsaturated/α-hetero) is 1. The minimum Gasteiger partial charge on any atom is -0.508 e. The molecular weight excluding hydrogens is 256 g/mol. The molecule has 1 aromatic carbocycles. The fourth-order valence-corrected chi connectivity index (χ4v) is 3.66. The molecule has 0 unspecified atom stereocenters. The number of benzene rings is 1. The number of allylic oxidation sites excluding steroid dienone is 2. The van der Waals surface area contributed by atoms with Crippen LogP contribution in [0.5, 0.6) is 5.75 Å². The number of ketones is 1. The highest BCUT2D eigenvalue weighted by Crippen LogP contribution is 2.41. The van der Waals surface area contributed by atoms with Crippen molar-refractivity contribution < 1.29 is 9.90 Å². The molecule has 2 nitrogen and oxygen atoms in total. The van der Waals surface area contributed by atoms with E-state index < -0.39 is 0 Å². The third-order valence-corrected chi connectivity index (χ3v) is 4.66. The fourth-order valence-electron chi connectivity index (χ4n) is 2.62. The Balaban J connectivity index is 2.09. The molecule has 0 amide bonds. The molecule has 0 fully saturated rings. The molecule has 1 aliphatic rings. The summed E-state index contributed by atoms with van der Waals surface area (Å²) in [6, 6.07) is 7.21. The average Bonchev–Trinajstić information content (AvgIpc) is 2.26. The molecule has 0 aromatic heterocycles. The van der Waals surface area contributed by atoms with Gasteiger partial charge in [0.2, 0.25) is 0 Å². The molecule has 0 saturated carbocycles. The molecule has 0 bridgehead atoms. The van der Waals surface area contributed by atoms with Crippen molar-refractivity contribution in [1.29, 1.82) is 0 Å². The van der Waals surface area contributed by atoms with E-state index >= 15 is 0 Å². The van der Waals surface area contributed by atoms with Crippen molar-refractivity contribution in [3.8, 4) is 5.75 Å². The Bertz CT molecular complexity index is 529. The SMILES string of the molecule is CC1=C(SCc2cccc(O)c2)C(=O)CC(C)(C)C1. The third kappa shape index (κ3) is 3.63. The van der Waals surface area contributed by atoms with Crippen LogP contribution < -0.4 is 0 Å².